The molecule has 0 bridgehead atoms. The molecule has 0 N–H and O–H groups in total. The number of hydrogen-bond donors (Lipinski definition) is 0. The second-order valence-corrected chi connectivity index (χ2v) is 6.84. The summed E-state index contributed by atoms with van der Waals surface area (Å²) in [5, 5.41) is 2.69. The number of carbonyl (C=O) groups excluding carboxylic acids is 1. The third-order valence-electron chi connectivity index (χ3n) is 3.13. The Kier molecular flexibility index (Phi) is 4.47. The minimum absolute atomic E-state index is 0.304. The lowest BCUT2D eigenvalue weighted by molar-refractivity contribution is 0.102. The van der Waals surface area contributed by atoms with E-state index >= 15 is 0 Å². The fraction of sp³-hybridized carbons (Fsp3) is 0.615. The third kappa shape index (κ3) is 3.36. The maximum Gasteiger partial charge on any atom is 0.182 e. The van der Waals surface area contributed by atoms with Gasteiger partial charge >= 0.3 is 0 Å². The largest absolute Gasteiger partial charge is 0.292 e. The van der Waals surface area contributed by atoms with Crippen molar-refractivity contribution in [1.82, 2.24) is 0 Å². The van der Waals surface area contributed by atoms with Crippen LogP contribution in [-0.2, 0) is 0 Å². The molecule has 0 aliphatic heterocycles. The maximum absolute atomic E-state index is 11.8. The molecule has 1 aromatic rings. The summed E-state index contributed by atoms with van der Waals surface area (Å²) in [7, 11) is 0. The van der Waals surface area contributed by atoms with Gasteiger partial charge in [-0.05, 0) is 30.2 Å². The molecular weight excluding hydrogens is 236 g/mol. The number of hydrogen-bond acceptors (Lipinski definition) is 3. The predicted octanol–water partition coefficient (Wildman–Crippen LogP) is 4.24. The van der Waals surface area contributed by atoms with Gasteiger partial charge in [-0.15, -0.1) is 11.3 Å². The fourth-order valence-electron chi connectivity index (χ4n) is 2.23. The van der Waals surface area contributed by atoms with Crippen LogP contribution >= 0.6 is 23.1 Å². The summed E-state index contributed by atoms with van der Waals surface area (Å²) in [5.74, 6) is 1.82. The van der Waals surface area contributed by atoms with E-state index in [1.807, 2.05) is 29.3 Å². The van der Waals surface area contributed by atoms with Crippen LogP contribution in [0.2, 0.25) is 0 Å². The summed E-state index contributed by atoms with van der Waals surface area (Å²) in [6.45, 7) is 2.33. The summed E-state index contributed by atoms with van der Waals surface area (Å²) in [6.07, 6.45) is 5.30. The van der Waals surface area contributed by atoms with Crippen molar-refractivity contribution in [2.75, 3.05) is 5.75 Å². The van der Waals surface area contributed by atoms with E-state index in [0.717, 1.165) is 10.8 Å². The minimum Gasteiger partial charge on any atom is -0.292 e. The van der Waals surface area contributed by atoms with Gasteiger partial charge in [-0.25, -0.2) is 0 Å². The molecule has 1 fully saturated rings. The molecule has 2 rings (SSSR count). The Balaban J connectivity index is 1.77. The van der Waals surface area contributed by atoms with Gasteiger partial charge in [0.1, 0.15) is 0 Å². The molecule has 88 valence electrons. The second-order valence-electron chi connectivity index (χ2n) is 4.61. The number of thiophene rings is 1. The molecule has 0 radical (unpaired) electrons. The minimum atomic E-state index is 0.304. The van der Waals surface area contributed by atoms with Crippen molar-refractivity contribution in [2.24, 2.45) is 5.92 Å². The van der Waals surface area contributed by atoms with Gasteiger partial charge in [-0.2, -0.15) is 11.8 Å². The zero-order valence-electron chi connectivity index (χ0n) is 9.65. The van der Waals surface area contributed by atoms with Gasteiger partial charge in [0.2, 0.25) is 0 Å². The predicted molar refractivity (Wildman–Crippen MR) is 72.5 cm³/mol. The first-order valence-electron chi connectivity index (χ1n) is 5.94. The molecule has 2 unspecified atom stereocenters. The van der Waals surface area contributed by atoms with E-state index in [1.54, 1.807) is 11.3 Å². The molecule has 1 aliphatic rings. The van der Waals surface area contributed by atoms with E-state index in [2.05, 4.69) is 6.92 Å². The van der Waals surface area contributed by atoms with E-state index < -0.39 is 0 Å². The number of thioether (sulfide) groups is 1. The van der Waals surface area contributed by atoms with Gasteiger partial charge in [0.25, 0.3) is 0 Å². The highest BCUT2D eigenvalue weighted by molar-refractivity contribution is 8.00. The van der Waals surface area contributed by atoms with E-state index in [9.17, 15) is 4.79 Å². The van der Waals surface area contributed by atoms with Gasteiger partial charge in [0.05, 0.1) is 10.6 Å². The third-order valence-corrected chi connectivity index (χ3v) is 5.37. The summed E-state index contributed by atoms with van der Waals surface area (Å²) < 4.78 is 0. The van der Waals surface area contributed by atoms with Gasteiger partial charge in [-0.3, -0.25) is 4.79 Å². The average molecular weight is 254 g/mol. The molecule has 16 heavy (non-hydrogen) atoms. The normalized spacial score (nSPS) is 25.6. The first-order valence-corrected chi connectivity index (χ1v) is 7.87. The van der Waals surface area contributed by atoms with Crippen LogP contribution in [0.3, 0.4) is 0 Å². The van der Waals surface area contributed by atoms with Crippen LogP contribution in [0.25, 0.3) is 0 Å². The lowest BCUT2D eigenvalue weighted by Crippen LogP contribution is -2.17. The number of ketones is 1. The van der Waals surface area contributed by atoms with Gasteiger partial charge < -0.3 is 0 Å². The Morgan fingerprint density at radius 1 is 1.56 bits per heavy atom. The number of rotatable bonds is 4. The van der Waals surface area contributed by atoms with Crippen molar-refractivity contribution in [1.29, 1.82) is 0 Å². The molecule has 1 saturated carbocycles. The first-order chi connectivity index (χ1) is 7.75. The quantitative estimate of drug-likeness (QED) is 0.747. The SMILES string of the molecule is CC1CCCC(SCC(=O)c2cccs2)C1. The Morgan fingerprint density at radius 3 is 3.12 bits per heavy atom. The monoisotopic (exact) mass is 254 g/mol. The molecule has 0 aromatic carbocycles. The summed E-state index contributed by atoms with van der Waals surface area (Å²) >= 11 is 3.42. The Bertz CT molecular complexity index is 332. The van der Waals surface area contributed by atoms with Gasteiger partial charge in [0.15, 0.2) is 5.78 Å². The van der Waals surface area contributed by atoms with E-state index in [1.165, 1.54) is 25.7 Å². The zero-order chi connectivity index (χ0) is 11.4. The topological polar surface area (TPSA) is 17.1 Å². The first kappa shape index (κ1) is 12.2. The van der Waals surface area contributed by atoms with Crippen LogP contribution in [0.15, 0.2) is 17.5 Å². The van der Waals surface area contributed by atoms with Crippen LogP contribution in [0.5, 0.6) is 0 Å². The zero-order valence-corrected chi connectivity index (χ0v) is 11.3. The molecule has 1 aliphatic carbocycles. The molecular formula is C13H18OS2. The molecule has 1 nitrogen and oxygen atoms in total. The van der Waals surface area contributed by atoms with Crippen molar-refractivity contribution in [3.8, 4) is 0 Å². The molecule has 0 amide bonds. The van der Waals surface area contributed by atoms with Gasteiger partial charge in [-0.1, -0.05) is 25.8 Å². The summed E-state index contributed by atoms with van der Waals surface area (Å²) in [6, 6.07) is 3.88. The van der Waals surface area contributed by atoms with Crippen LogP contribution in [0.1, 0.15) is 42.3 Å². The lowest BCUT2D eigenvalue weighted by atomic mass is 9.91. The smallest absolute Gasteiger partial charge is 0.182 e. The van der Waals surface area contributed by atoms with Crippen molar-refractivity contribution in [3.63, 3.8) is 0 Å². The highest BCUT2D eigenvalue weighted by Gasteiger charge is 2.20. The summed E-state index contributed by atoms with van der Waals surface area (Å²) in [4.78, 5) is 12.7. The molecule has 2 atom stereocenters. The highest BCUT2D eigenvalue weighted by atomic mass is 32.2. The van der Waals surface area contributed by atoms with Crippen molar-refractivity contribution < 1.29 is 4.79 Å². The number of carbonyl (C=O) groups is 1. The van der Waals surface area contributed by atoms with Crippen molar-refractivity contribution >= 4 is 28.9 Å². The van der Waals surface area contributed by atoms with Crippen LogP contribution in [-0.4, -0.2) is 16.8 Å². The maximum atomic E-state index is 11.8. The van der Waals surface area contributed by atoms with Crippen LogP contribution in [0, 0.1) is 5.92 Å². The van der Waals surface area contributed by atoms with E-state index in [4.69, 9.17) is 0 Å². The lowest BCUT2D eigenvalue weighted by Gasteiger charge is -2.25. The average Bonchev–Trinajstić information content (AvgIpc) is 2.79. The second kappa shape index (κ2) is 5.87. The Hall–Kier alpha value is -0.280. The van der Waals surface area contributed by atoms with Crippen molar-refractivity contribution in [2.45, 2.75) is 37.9 Å². The van der Waals surface area contributed by atoms with Gasteiger partial charge in [0, 0.05) is 5.25 Å². The molecule has 0 spiro atoms. The van der Waals surface area contributed by atoms with E-state index in [-0.39, 0.29) is 0 Å². The van der Waals surface area contributed by atoms with Crippen LogP contribution in [0.4, 0.5) is 0 Å². The molecule has 3 heteroatoms. The highest BCUT2D eigenvalue weighted by Crippen LogP contribution is 2.32. The van der Waals surface area contributed by atoms with Crippen molar-refractivity contribution in [3.05, 3.63) is 22.4 Å². The Labute approximate surface area is 106 Å². The van der Waals surface area contributed by atoms with E-state index in [0.29, 0.717) is 16.8 Å². The fourth-order valence-corrected chi connectivity index (χ4v) is 4.33. The summed E-state index contributed by atoms with van der Waals surface area (Å²) in [5.41, 5.74) is 0. The standard InChI is InChI=1S/C13H18OS2/c1-10-4-2-5-11(8-10)16-9-12(14)13-6-3-7-15-13/h3,6-7,10-11H,2,4-5,8-9H2,1H3. The Morgan fingerprint density at radius 2 is 2.44 bits per heavy atom. The molecule has 1 aromatic heterocycles. The molecule has 1 heterocycles. The van der Waals surface area contributed by atoms with Crippen LogP contribution < -0.4 is 0 Å². The number of Topliss-reactive ketones (excluding diaryl/α,β-unsaturated/α-hetero) is 1. The molecule has 0 saturated heterocycles.